The number of carbonyl (C=O) groups is 1. The van der Waals surface area contributed by atoms with E-state index in [2.05, 4.69) is 14.8 Å². The normalized spacial score (nSPS) is 11.5. The van der Waals surface area contributed by atoms with E-state index in [1.807, 2.05) is 37.3 Å². The average Bonchev–Trinajstić information content (AvgIpc) is 3.34. The Morgan fingerprint density at radius 2 is 1.70 bits per heavy atom. The lowest BCUT2D eigenvalue weighted by atomic mass is 10.0. The van der Waals surface area contributed by atoms with Crippen LogP contribution in [0.1, 0.15) is 36.0 Å². The van der Waals surface area contributed by atoms with E-state index in [1.54, 1.807) is 6.07 Å². The zero-order valence-electron chi connectivity index (χ0n) is 20.1. The van der Waals surface area contributed by atoms with Gasteiger partial charge in [0.15, 0.2) is 5.82 Å². The van der Waals surface area contributed by atoms with Gasteiger partial charge >= 0.3 is 6.36 Å². The Kier molecular flexibility index (Phi) is 8.01. The van der Waals surface area contributed by atoms with Crippen molar-refractivity contribution in [1.82, 2.24) is 14.8 Å². The van der Waals surface area contributed by atoms with Crippen molar-refractivity contribution < 1.29 is 27.1 Å². The fraction of sp³-hybridized carbons (Fsp3) is 0.250. The molecule has 0 radical (unpaired) electrons. The molecule has 37 heavy (non-hydrogen) atoms. The number of halogens is 4. The van der Waals surface area contributed by atoms with Crippen LogP contribution < -0.4 is 4.74 Å². The van der Waals surface area contributed by atoms with Gasteiger partial charge in [-0.25, -0.2) is 14.1 Å². The number of nitrogens with zero attached hydrogens (tertiary/aromatic N) is 3. The Morgan fingerprint density at radius 3 is 2.38 bits per heavy atom. The summed E-state index contributed by atoms with van der Waals surface area (Å²) in [5, 5.41) is 4.40. The third kappa shape index (κ3) is 7.49. The Bertz CT molecular complexity index is 1350. The maximum absolute atomic E-state index is 13.9. The van der Waals surface area contributed by atoms with Crippen molar-refractivity contribution in [3.63, 3.8) is 0 Å². The second-order valence-corrected chi connectivity index (χ2v) is 8.77. The van der Waals surface area contributed by atoms with Crippen LogP contribution in [0.4, 0.5) is 17.6 Å². The molecule has 0 aliphatic carbocycles. The summed E-state index contributed by atoms with van der Waals surface area (Å²) in [7, 11) is 0. The van der Waals surface area contributed by atoms with E-state index >= 15 is 0 Å². The predicted octanol–water partition coefficient (Wildman–Crippen LogP) is 6.81. The minimum Gasteiger partial charge on any atom is -0.406 e. The summed E-state index contributed by atoms with van der Waals surface area (Å²) in [6.07, 6.45) is -0.353. The number of ketones is 1. The van der Waals surface area contributed by atoms with Gasteiger partial charge in [0.2, 0.25) is 0 Å². The Morgan fingerprint density at radius 1 is 0.973 bits per heavy atom. The van der Waals surface area contributed by atoms with E-state index in [0.717, 1.165) is 36.0 Å². The summed E-state index contributed by atoms with van der Waals surface area (Å²) in [5.41, 5.74) is 3.73. The molecule has 0 atom stereocenters. The molecule has 4 rings (SSSR count). The van der Waals surface area contributed by atoms with Gasteiger partial charge in [0.1, 0.15) is 23.7 Å². The highest BCUT2D eigenvalue weighted by Crippen LogP contribution is 2.24. The standard InChI is InChI=1S/C28H25F4N3O2/c1-19-6-9-22(26(29)16-19)17-24(36)5-3-2-4-20-7-10-21(11-8-20)27-33-18-35(34-27)23-12-14-25(15-13-23)37-28(30,31)32/h6-16,18H,2-5,17H2,1H3. The average molecular weight is 512 g/mol. The van der Waals surface area contributed by atoms with Gasteiger partial charge in [0.25, 0.3) is 0 Å². The number of aromatic nitrogens is 3. The summed E-state index contributed by atoms with van der Waals surface area (Å²) in [6, 6.07) is 18.0. The lowest BCUT2D eigenvalue weighted by Gasteiger charge is -2.09. The largest absolute Gasteiger partial charge is 0.573 e. The highest BCUT2D eigenvalue weighted by molar-refractivity contribution is 5.80. The van der Waals surface area contributed by atoms with E-state index in [4.69, 9.17) is 0 Å². The van der Waals surface area contributed by atoms with Crippen molar-refractivity contribution in [1.29, 1.82) is 0 Å². The van der Waals surface area contributed by atoms with Gasteiger partial charge in [-0.2, -0.15) is 0 Å². The van der Waals surface area contributed by atoms with Crippen molar-refractivity contribution >= 4 is 5.78 Å². The van der Waals surface area contributed by atoms with Crippen LogP contribution in [0.2, 0.25) is 0 Å². The molecule has 0 unspecified atom stereocenters. The van der Waals surface area contributed by atoms with Crippen molar-refractivity contribution in [2.24, 2.45) is 0 Å². The number of ether oxygens (including phenoxy) is 1. The van der Waals surface area contributed by atoms with Crippen molar-refractivity contribution in [3.05, 3.63) is 95.6 Å². The molecular weight excluding hydrogens is 486 g/mol. The Hall–Kier alpha value is -4.01. The van der Waals surface area contributed by atoms with Crippen molar-refractivity contribution in [2.45, 2.75) is 45.4 Å². The van der Waals surface area contributed by atoms with E-state index in [0.29, 0.717) is 23.5 Å². The second kappa shape index (κ2) is 11.4. The molecule has 3 aromatic carbocycles. The smallest absolute Gasteiger partial charge is 0.406 e. The Balaban J connectivity index is 1.26. The van der Waals surface area contributed by atoms with E-state index < -0.39 is 6.36 Å². The lowest BCUT2D eigenvalue weighted by Crippen LogP contribution is -2.17. The van der Waals surface area contributed by atoms with Crippen LogP contribution in [0.3, 0.4) is 0 Å². The van der Waals surface area contributed by atoms with Crippen molar-refractivity contribution in [2.75, 3.05) is 0 Å². The first-order valence-electron chi connectivity index (χ1n) is 11.8. The van der Waals surface area contributed by atoms with Crippen LogP contribution in [-0.2, 0) is 17.6 Å². The van der Waals surface area contributed by atoms with Crippen LogP contribution in [0.25, 0.3) is 17.1 Å². The van der Waals surface area contributed by atoms with E-state index in [9.17, 15) is 22.4 Å². The van der Waals surface area contributed by atoms with Gasteiger partial charge in [0.05, 0.1) is 5.69 Å². The first-order chi connectivity index (χ1) is 17.7. The molecule has 0 aliphatic heterocycles. The molecule has 9 heteroatoms. The maximum atomic E-state index is 13.9. The monoisotopic (exact) mass is 511 g/mol. The van der Waals surface area contributed by atoms with Gasteiger partial charge in [-0.1, -0.05) is 36.4 Å². The van der Waals surface area contributed by atoms with Gasteiger partial charge in [0, 0.05) is 18.4 Å². The second-order valence-electron chi connectivity index (χ2n) is 8.77. The fourth-order valence-electron chi connectivity index (χ4n) is 3.89. The summed E-state index contributed by atoms with van der Waals surface area (Å²) in [6.45, 7) is 1.81. The molecule has 0 N–H and O–H groups in total. The van der Waals surface area contributed by atoms with Gasteiger partial charge in [-0.3, -0.25) is 4.79 Å². The zero-order valence-corrected chi connectivity index (χ0v) is 20.1. The molecule has 0 saturated heterocycles. The SMILES string of the molecule is Cc1ccc(CC(=O)CCCCc2ccc(-c3ncn(-c4ccc(OC(F)(F)F)cc4)n3)cc2)c(F)c1. The van der Waals surface area contributed by atoms with Gasteiger partial charge in [-0.15, -0.1) is 18.3 Å². The number of carbonyl (C=O) groups excluding carboxylic acids is 1. The molecular formula is C28H25F4N3O2. The van der Waals surface area contributed by atoms with Gasteiger partial charge < -0.3 is 4.74 Å². The molecule has 0 saturated carbocycles. The number of hydrogen-bond donors (Lipinski definition) is 0. The summed E-state index contributed by atoms with van der Waals surface area (Å²) >= 11 is 0. The van der Waals surface area contributed by atoms with Crippen LogP contribution >= 0.6 is 0 Å². The quantitative estimate of drug-likeness (QED) is 0.173. The molecule has 1 heterocycles. The third-order valence-corrected chi connectivity index (χ3v) is 5.81. The molecule has 0 amide bonds. The summed E-state index contributed by atoms with van der Waals surface area (Å²) in [4.78, 5) is 16.5. The third-order valence-electron chi connectivity index (χ3n) is 5.81. The highest BCUT2D eigenvalue weighted by atomic mass is 19.4. The maximum Gasteiger partial charge on any atom is 0.573 e. The highest BCUT2D eigenvalue weighted by Gasteiger charge is 2.31. The molecule has 1 aromatic heterocycles. The molecule has 4 aromatic rings. The molecule has 0 spiro atoms. The van der Waals surface area contributed by atoms with Crippen LogP contribution in [0, 0.1) is 12.7 Å². The summed E-state index contributed by atoms with van der Waals surface area (Å²) < 4.78 is 56.3. The van der Waals surface area contributed by atoms with E-state index in [-0.39, 0.29) is 23.8 Å². The van der Waals surface area contributed by atoms with Crippen LogP contribution in [0.5, 0.6) is 5.75 Å². The molecule has 5 nitrogen and oxygen atoms in total. The number of hydrogen-bond acceptors (Lipinski definition) is 4. The van der Waals surface area contributed by atoms with Crippen molar-refractivity contribution in [3.8, 4) is 22.8 Å². The topological polar surface area (TPSA) is 57.0 Å². The molecule has 0 bridgehead atoms. The summed E-state index contributed by atoms with van der Waals surface area (Å²) in [5.74, 6) is -0.128. The van der Waals surface area contributed by atoms with E-state index in [1.165, 1.54) is 41.3 Å². The van der Waals surface area contributed by atoms with Gasteiger partial charge in [-0.05, 0) is 73.2 Å². The molecule has 0 fully saturated rings. The first kappa shape index (κ1) is 26.1. The number of aryl methyl sites for hydroxylation is 2. The zero-order chi connectivity index (χ0) is 26.4. The van der Waals surface area contributed by atoms with Crippen LogP contribution in [0.15, 0.2) is 73.1 Å². The van der Waals surface area contributed by atoms with Crippen LogP contribution in [-0.4, -0.2) is 26.9 Å². The molecule has 0 aliphatic rings. The fourth-order valence-corrected chi connectivity index (χ4v) is 3.89. The number of rotatable bonds is 10. The first-order valence-corrected chi connectivity index (χ1v) is 11.8. The predicted molar refractivity (Wildman–Crippen MR) is 131 cm³/mol. The molecule has 192 valence electrons. The Labute approximate surface area is 211 Å². The minimum atomic E-state index is -4.74. The number of unbranched alkanes of at least 4 members (excludes halogenated alkanes) is 1. The minimum absolute atomic E-state index is 0.0299. The number of Topliss-reactive ketones (excluding diaryl/α,β-unsaturated/α-hetero) is 1. The number of alkyl halides is 3. The number of benzene rings is 3. The lowest BCUT2D eigenvalue weighted by molar-refractivity contribution is -0.274.